The van der Waals surface area contributed by atoms with Gasteiger partial charge in [-0.05, 0) is 19.8 Å². The lowest BCUT2D eigenvalue weighted by Crippen LogP contribution is -2.41. The zero-order valence-electron chi connectivity index (χ0n) is 8.39. The van der Waals surface area contributed by atoms with Crippen molar-refractivity contribution in [2.75, 3.05) is 7.11 Å². The number of hydrogen-bond acceptors (Lipinski definition) is 3. The van der Waals surface area contributed by atoms with Gasteiger partial charge in [0.15, 0.2) is 0 Å². The van der Waals surface area contributed by atoms with Crippen LogP contribution in [0.5, 0.6) is 0 Å². The van der Waals surface area contributed by atoms with Crippen molar-refractivity contribution in [3.05, 3.63) is 0 Å². The van der Waals surface area contributed by atoms with Gasteiger partial charge in [0.25, 0.3) is 0 Å². The molecule has 0 heterocycles. The molecule has 0 fully saturated rings. The van der Waals surface area contributed by atoms with E-state index in [4.69, 9.17) is 5.73 Å². The maximum Gasteiger partial charge on any atom is 0.305 e. The van der Waals surface area contributed by atoms with Crippen LogP contribution in [-0.4, -0.2) is 18.6 Å². The van der Waals surface area contributed by atoms with E-state index in [9.17, 15) is 4.79 Å². The molecule has 0 rings (SSSR count). The topological polar surface area (TPSA) is 52.3 Å². The van der Waals surface area contributed by atoms with E-state index in [2.05, 4.69) is 4.74 Å². The second-order valence-corrected chi connectivity index (χ2v) is 3.71. The van der Waals surface area contributed by atoms with Crippen LogP contribution in [0.4, 0.5) is 0 Å². The third-order valence-electron chi connectivity index (χ3n) is 2.19. The molecule has 0 aromatic rings. The number of rotatable bonds is 4. The first-order valence-corrected chi connectivity index (χ1v) is 4.27. The molecular weight excluding hydrogens is 154 g/mol. The SMILES string of the molecule is CCC(CC(=O)OC)C(C)(C)N. The standard InChI is InChI=1S/C9H19NO2/c1-5-7(9(2,3)10)6-8(11)12-4/h7H,5-6,10H2,1-4H3. The molecule has 3 nitrogen and oxygen atoms in total. The van der Waals surface area contributed by atoms with E-state index in [-0.39, 0.29) is 17.4 Å². The Balaban J connectivity index is 4.09. The molecule has 0 aromatic carbocycles. The van der Waals surface area contributed by atoms with E-state index in [1.165, 1.54) is 7.11 Å². The first-order valence-electron chi connectivity index (χ1n) is 4.27. The van der Waals surface area contributed by atoms with Crippen molar-refractivity contribution in [1.82, 2.24) is 0 Å². The van der Waals surface area contributed by atoms with Gasteiger partial charge >= 0.3 is 5.97 Å². The largest absolute Gasteiger partial charge is 0.469 e. The second kappa shape index (κ2) is 4.45. The minimum atomic E-state index is -0.303. The molecule has 0 aromatic heterocycles. The number of methoxy groups -OCH3 is 1. The van der Waals surface area contributed by atoms with Crippen molar-refractivity contribution in [2.24, 2.45) is 11.7 Å². The Hall–Kier alpha value is -0.570. The van der Waals surface area contributed by atoms with Gasteiger partial charge in [-0.1, -0.05) is 13.3 Å². The lowest BCUT2D eigenvalue weighted by molar-refractivity contribution is -0.142. The molecule has 0 spiro atoms. The number of ether oxygens (including phenoxy) is 1. The predicted octanol–water partition coefficient (Wildman–Crippen LogP) is 1.31. The zero-order chi connectivity index (χ0) is 9.78. The Labute approximate surface area is 74.3 Å². The van der Waals surface area contributed by atoms with E-state index >= 15 is 0 Å². The highest BCUT2D eigenvalue weighted by Crippen LogP contribution is 2.21. The maximum atomic E-state index is 11.0. The van der Waals surface area contributed by atoms with Crippen LogP contribution in [-0.2, 0) is 9.53 Å². The van der Waals surface area contributed by atoms with E-state index in [1.807, 2.05) is 20.8 Å². The molecule has 0 radical (unpaired) electrons. The molecule has 0 aliphatic heterocycles. The third kappa shape index (κ3) is 3.72. The molecule has 3 heteroatoms. The number of carbonyl (C=O) groups excluding carboxylic acids is 1. The van der Waals surface area contributed by atoms with Gasteiger partial charge in [0.05, 0.1) is 13.5 Å². The van der Waals surface area contributed by atoms with Gasteiger partial charge in [0.2, 0.25) is 0 Å². The summed E-state index contributed by atoms with van der Waals surface area (Å²) in [6.07, 6.45) is 1.31. The Morgan fingerprint density at radius 3 is 2.33 bits per heavy atom. The van der Waals surface area contributed by atoms with Gasteiger partial charge in [0, 0.05) is 5.54 Å². The van der Waals surface area contributed by atoms with Gasteiger partial charge in [-0.3, -0.25) is 4.79 Å². The maximum absolute atomic E-state index is 11.0. The summed E-state index contributed by atoms with van der Waals surface area (Å²) < 4.78 is 4.58. The van der Waals surface area contributed by atoms with Gasteiger partial charge < -0.3 is 10.5 Å². The molecule has 0 bridgehead atoms. The van der Waals surface area contributed by atoms with E-state index in [1.54, 1.807) is 0 Å². The summed E-state index contributed by atoms with van der Waals surface area (Å²) in [6, 6.07) is 0. The first-order chi connectivity index (χ1) is 5.41. The lowest BCUT2D eigenvalue weighted by atomic mass is 9.84. The van der Waals surface area contributed by atoms with Crippen molar-refractivity contribution in [2.45, 2.75) is 39.2 Å². The Morgan fingerprint density at radius 1 is 1.58 bits per heavy atom. The molecule has 0 saturated heterocycles. The summed E-state index contributed by atoms with van der Waals surface area (Å²) in [6.45, 7) is 5.90. The molecule has 0 saturated carbocycles. The van der Waals surface area contributed by atoms with Gasteiger partial charge in [0.1, 0.15) is 0 Å². The molecule has 12 heavy (non-hydrogen) atoms. The minimum absolute atomic E-state index is 0.180. The normalized spacial score (nSPS) is 14.1. The second-order valence-electron chi connectivity index (χ2n) is 3.71. The minimum Gasteiger partial charge on any atom is -0.469 e. The van der Waals surface area contributed by atoms with E-state index in [0.717, 1.165) is 6.42 Å². The molecule has 0 aliphatic carbocycles. The van der Waals surface area contributed by atoms with Crippen LogP contribution < -0.4 is 5.73 Å². The molecule has 0 amide bonds. The summed E-state index contributed by atoms with van der Waals surface area (Å²) in [4.78, 5) is 11.0. The molecule has 1 atom stereocenters. The van der Waals surface area contributed by atoms with Crippen LogP contribution in [0.1, 0.15) is 33.6 Å². The molecular formula is C9H19NO2. The highest BCUT2D eigenvalue weighted by atomic mass is 16.5. The highest BCUT2D eigenvalue weighted by molar-refractivity contribution is 5.69. The van der Waals surface area contributed by atoms with Crippen LogP contribution in [0, 0.1) is 5.92 Å². The van der Waals surface area contributed by atoms with E-state index < -0.39 is 0 Å². The highest BCUT2D eigenvalue weighted by Gasteiger charge is 2.25. The van der Waals surface area contributed by atoms with Crippen molar-refractivity contribution in [3.63, 3.8) is 0 Å². The van der Waals surface area contributed by atoms with Crippen molar-refractivity contribution in [3.8, 4) is 0 Å². The van der Waals surface area contributed by atoms with Crippen LogP contribution in [0.25, 0.3) is 0 Å². The number of hydrogen-bond donors (Lipinski definition) is 1. The summed E-state index contributed by atoms with van der Waals surface area (Å²) in [5.74, 6) is 0.0188. The Morgan fingerprint density at radius 2 is 2.08 bits per heavy atom. The Kier molecular flexibility index (Phi) is 4.24. The average molecular weight is 173 g/mol. The monoisotopic (exact) mass is 173 g/mol. The number of nitrogens with two attached hydrogens (primary N) is 1. The quantitative estimate of drug-likeness (QED) is 0.652. The molecule has 72 valence electrons. The zero-order valence-corrected chi connectivity index (χ0v) is 8.39. The van der Waals surface area contributed by atoms with Gasteiger partial charge in [-0.15, -0.1) is 0 Å². The van der Waals surface area contributed by atoms with Gasteiger partial charge in [-0.2, -0.15) is 0 Å². The molecule has 2 N–H and O–H groups in total. The van der Waals surface area contributed by atoms with Crippen LogP contribution in [0.2, 0.25) is 0 Å². The van der Waals surface area contributed by atoms with Crippen molar-refractivity contribution >= 4 is 5.97 Å². The van der Waals surface area contributed by atoms with E-state index in [0.29, 0.717) is 6.42 Å². The fraction of sp³-hybridized carbons (Fsp3) is 0.889. The third-order valence-corrected chi connectivity index (χ3v) is 2.19. The van der Waals surface area contributed by atoms with Crippen molar-refractivity contribution < 1.29 is 9.53 Å². The summed E-state index contributed by atoms with van der Waals surface area (Å²) in [7, 11) is 1.40. The molecule has 1 unspecified atom stereocenters. The van der Waals surface area contributed by atoms with Crippen LogP contribution in [0.15, 0.2) is 0 Å². The summed E-state index contributed by atoms with van der Waals surface area (Å²) >= 11 is 0. The Bertz CT molecular complexity index is 149. The van der Waals surface area contributed by atoms with Crippen LogP contribution in [0.3, 0.4) is 0 Å². The average Bonchev–Trinajstić information content (AvgIpc) is 1.97. The number of esters is 1. The lowest BCUT2D eigenvalue weighted by Gasteiger charge is -2.28. The fourth-order valence-electron chi connectivity index (χ4n) is 1.22. The van der Waals surface area contributed by atoms with Crippen molar-refractivity contribution in [1.29, 1.82) is 0 Å². The fourth-order valence-corrected chi connectivity index (χ4v) is 1.22. The number of carbonyl (C=O) groups is 1. The predicted molar refractivity (Wildman–Crippen MR) is 48.7 cm³/mol. The summed E-state index contributed by atoms with van der Waals surface area (Å²) in [5, 5.41) is 0. The smallest absolute Gasteiger partial charge is 0.305 e. The molecule has 0 aliphatic rings. The van der Waals surface area contributed by atoms with Gasteiger partial charge in [-0.25, -0.2) is 0 Å². The summed E-state index contributed by atoms with van der Waals surface area (Å²) in [5.41, 5.74) is 5.58. The van der Waals surface area contributed by atoms with Crippen LogP contribution >= 0.6 is 0 Å². The first kappa shape index (κ1) is 11.4.